The van der Waals surface area contributed by atoms with Crippen LogP contribution in [-0.2, 0) is 11.3 Å². The van der Waals surface area contributed by atoms with E-state index in [1.165, 1.54) is 0 Å². The highest BCUT2D eigenvalue weighted by molar-refractivity contribution is 7.98. The third-order valence-electron chi connectivity index (χ3n) is 3.13. The summed E-state index contributed by atoms with van der Waals surface area (Å²) in [6.45, 7) is 4.50. The van der Waals surface area contributed by atoms with E-state index in [9.17, 15) is 4.79 Å². The van der Waals surface area contributed by atoms with Crippen molar-refractivity contribution in [1.29, 1.82) is 0 Å². The second kappa shape index (κ2) is 11.6. The van der Waals surface area contributed by atoms with Crippen molar-refractivity contribution in [3.05, 3.63) is 23.9 Å². The summed E-state index contributed by atoms with van der Waals surface area (Å²) in [7, 11) is 0. The topological polar surface area (TPSA) is 77.2 Å². The molecule has 0 bridgehead atoms. The van der Waals surface area contributed by atoms with E-state index < -0.39 is 6.04 Å². The summed E-state index contributed by atoms with van der Waals surface area (Å²) in [5.41, 5.74) is 6.77. The average Bonchev–Trinajstić information content (AvgIpc) is 2.50. The number of carbonyl (C=O) groups excluding carboxylic acids is 1. The summed E-state index contributed by atoms with van der Waals surface area (Å²) in [5, 5.41) is 2.85. The highest BCUT2D eigenvalue weighted by atomic mass is 35.5. The fourth-order valence-electron chi connectivity index (χ4n) is 1.61. The van der Waals surface area contributed by atoms with Crippen molar-refractivity contribution in [2.45, 2.75) is 45.4 Å². The van der Waals surface area contributed by atoms with E-state index in [4.69, 9.17) is 10.5 Å². The predicted molar refractivity (Wildman–Crippen MR) is 94.7 cm³/mol. The molecule has 1 aromatic rings. The minimum atomic E-state index is -0.449. The van der Waals surface area contributed by atoms with Gasteiger partial charge in [-0.15, -0.1) is 12.4 Å². The Morgan fingerprint density at radius 2 is 2.27 bits per heavy atom. The first-order chi connectivity index (χ1) is 10.1. The van der Waals surface area contributed by atoms with Gasteiger partial charge in [-0.1, -0.05) is 6.92 Å². The molecule has 0 aliphatic carbocycles. The lowest BCUT2D eigenvalue weighted by Crippen LogP contribution is -2.40. The van der Waals surface area contributed by atoms with Gasteiger partial charge in [-0.2, -0.15) is 11.8 Å². The van der Waals surface area contributed by atoms with Crippen LogP contribution in [0.25, 0.3) is 0 Å². The third-order valence-corrected chi connectivity index (χ3v) is 3.78. The first kappa shape index (κ1) is 21.0. The highest BCUT2D eigenvalue weighted by Crippen LogP contribution is 2.12. The van der Waals surface area contributed by atoms with Gasteiger partial charge in [0.15, 0.2) is 0 Å². The maximum Gasteiger partial charge on any atom is 0.237 e. The van der Waals surface area contributed by atoms with Gasteiger partial charge in [0.1, 0.15) is 0 Å². The monoisotopic (exact) mass is 347 g/mol. The Balaban J connectivity index is 0.00000441. The molecule has 0 radical (unpaired) electrons. The number of rotatable bonds is 9. The lowest BCUT2D eigenvalue weighted by Gasteiger charge is -2.14. The van der Waals surface area contributed by atoms with Gasteiger partial charge in [0.25, 0.3) is 0 Å². The maximum absolute atomic E-state index is 11.8. The lowest BCUT2D eigenvalue weighted by molar-refractivity contribution is -0.122. The van der Waals surface area contributed by atoms with Crippen molar-refractivity contribution in [2.24, 2.45) is 5.73 Å². The largest absolute Gasteiger partial charge is 0.475 e. The Labute approximate surface area is 143 Å². The first-order valence-electron chi connectivity index (χ1n) is 7.20. The van der Waals surface area contributed by atoms with Gasteiger partial charge in [-0.25, -0.2) is 4.98 Å². The SMILES string of the molecule is CCC(C)Oc1cc(CNC(=O)C(N)CCSC)ccn1.Cl. The van der Waals surface area contributed by atoms with Crippen LogP contribution in [-0.4, -0.2) is 35.0 Å². The van der Waals surface area contributed by atoms with Gasteiger partial charge >= 0.3 is 0 Å². The van der Waals surface area contributed by atoms with Gasteiger partial charge in [0.2, 0.25) is 11.8 Å². The van der Waals surface area contributed by atoms with Crippen molar-refractivity contribution < 1.29 is 9.53 Å². The third kappa shape index (κ3) is 7.87. The predicted octanol–water partition coefficient (Wildman–Crippen LogP) is 2.38. The Kier molecular flexibility index (Phi) is 11.1. The molecule has 1 rings (SSSR count). The number of nitrogens with one attached hydrogen (secondary N) is 1. The van der Waals surface area contributed by atoms with E-state index in [1.807, 2.05) is 25.3 Å². The molecule has 0 saturated heterocycles. The van der Waals surface area contributed by atoms with Crippen molar-refractivity contribution >= 4 is 30.1 Å². The van der Waals surface area contributed by atoms with E-state index >= 15 is 0 Å². The molecule has 1 heterocycles. The van der Waals surface area contributed by atoms with Gasteiger partial charge in [-0.3, -0.25) is 4.79 Å². The second-order valence-corrected chi connectivity index (χ2v) is 5.93. The summed E-state index contributed by atoms with van der Waals surface area (Å²) in [6.07, 6.45) is 5.42. The summed E-state index contributed by atoms with van der Waals surface area (Å²) < 4.78 is 5.66. The molecule has 2 atom stereocenters. The number of amides is 1. The molecule has 0 aliphatic rings. The molecule has 22 heavy (non-hydrogen) atoms. The number of pyridine rings is 1. The maximum atomic E-state index is 11.8. The van der Waals surface area contributed by atoms with Gasteiger partial charge in [0, 0.05) is 18.8 Å². The molecule has 1 amide bonds. The van der Waals surface area contributed by atoms with Crippen LogP contribution in [0.1, 0.15) is 32.3 Å². The highest BCUT2D eigenvalue weighted by Gasteiger charge is 2.12. The Morgan fingerprint density at radius 3 is 2.91 bits per heavy atom. The van der Waals surface area contributed by atoms with Crippen LogP contribution < -0.4 is 15.8 Å². The summed E-state index contributed by atoms with van der Waals surface area (Å²) in [4.78, 5) is 16.0. The zero-order chi connectivity index (χ0) is 15.7. The van der Waals surface area contributed by atoms with Crippen LogP contribution in [0.5, 0.6) is 5.88 Å². The van der Waals surface area contributed by atoms with Crippen LogP contribution in [0.3, 0.4) is 0 Å². The van der Waals surface area contributed by atoms with Crippen molar-refractivity contribution in [2.75, 3.05) is 12.0 Å². The summed E-state index contributed by atoms with van der Waals surface area (Å²) in [6, 6.07) is 3.26. The van der Waals surface area contributed by atoms with Crippen molar-refractivity contribution in [1.82, 2.24) is 10.3 Å². The Hall–Kier alpha value is -0.980. The fourth-order valence-corrected chi connectivity index (χ4v) is 2.10. The molecule has 0 spiro atoms. The molecule has 0 aromatic carbocycles. The molecule has 0 fully saturated rings. The van der Waals surface area contributed by atoms with E-state index in [2.05, 4.69) is 17.2 Å². The van der Waals surface area contributed by atoms with Crippen LogP contribution in [0.4, 0.5) is 0 Å². The van der Waals surface area contributed by atoms with Crippen LogP contribution >= 0.6 is 24.2 Å². The van der Waals surface area contributed by atoms with Gasteiger partial charge in [0.05, 0.1) is 12.1 Å². The standard InChI is InChI=1S/C15H25N3O2S.ClH/c1-4-11(2)20-14-9-12(5-7-17-14)10-18-15(19)13(16)6-8-21-3;/h5,7,9,11,13H,4,6,8,10,16H2,1-3H3,(H,18,19);1H. The molecule has 5 nitrogen and oxygen atoms in total. The molecule has 0 aliphatic heterocycles. The van der Waals surface area contributed by atoms with E-state index in [0.717, 1.165) is 17.7 Å². The molecule has 0 saturated carbocycles. The lowest BCUT2D eigenvalue weighted by atomic mass is 10.2. The smallest absolute Gasteiger partial charge is 0.237 e. The summed E-state index contributed by atoms with van der Waals surface area (Å²) >= 11 is 1.69. The molecular formula is C15H26ClN3O2S. The molecule has 7 heteroatoms. The van der Waals surface area contributed by atoms with Gasteiger partial charge < -0.3 is 15.8 Å². The van der Waals surface area contributed by atoms with Crippen LogP contribution in [0.15, 0.2) is 18.3 Å². The first-order valence-corrected chi connectivity index (χ1v) is 8.60. The Morgan fingerprint density at radius 1 is 1.55 bits per heavy atom. The van der Waals surface area contributed by atoms with Crippen LogP contribution in [0, 0.1) is 0 Å². The number of nitrogens with zero attached hydrogens (tertiary/aromatic N) is 1. The number of ether oxygens (including phenoxy) is 1. The zero-order valence-electron chi connectivity index (χ0n) is 13.4. The number of thioether (sulfide) groups is 1. The number of halogens is 1. The average molecular weight is 348 g/mol. The van der Waals surface area contributed by atoms with E-state index in [0.29, 0.717) is 18.8 Å². The van der Waals surface area contributed by atoms with Gasteiger partial charge in [-0.05, 0) is 43.4 Å². The van der Waals surface area contributed by atoms with Crippen LogP contribution in [0.2, 0.25) is 0 Å². The molecule has 2 unspecified atom stereocenters. The zero-order valence-corrected chi connectivity index (χ0v) is 15.0. The van der Waals surface area contributed by atoms with Crippen molar-refractivity contribution in [3.8, 4) is 5.88 Å². The van der Waals surface area contributed by atoms with Crippen molar-refractivity contribution in [3.63, 3.8) is 0 Å². The minimum Gasteiger partial charge on any atom is -0.475 e. The molecule has 126 valence electrons. The Bertz CT molecular complexity index is 449. The number of aromatic nitrogens is 1. The normalized spacial score (nSPS) is 12.9. The van der Waals surface area contributed by atoms with E-state index in [-0.39, 0.29) is 24.4 Å². The molecule has 3 N–H and O–H groups in total. The second-order valence-electron chi connectivity index (χ2n) is 4.94. The number of nitrogens with two attached hydrogens (primary N) is 1. The summed E-state index contributed by atoms with van der Waals surface area (Å²) in [5.74, 6) is 1.35. The quantitative estimate of drug-likeness (QED) is 0.717. The number of carbonyl (C=O) groups is 1. The molecular weight excluding hydrogens is 322 g/mol. The number of hydrogen-bond acceptors (Lipinski definition) is 5. The van der Waals surface area contributed by atoms with E-state index in [1.54, 1.807) is 18.0 Å². The molecule has 1 aromatic heterocycles. The fraction of sp³-hybridized carbons (Fsp3) is 0.600. The number of hydrogen-bond donors (Lipinski definition) is 2. The minimum absolute atomic E-state index is 0.